The maximum atomic E-state index is 5.68. The number of hydrogen-bond acceptors (Lipinski definition) is 4. The molecule has 0 radical (unpaired) electrons. The summed E-state index contributed by atoms with van der Waals surface area (Å²) in [5.74, 6) is 1.13. The molecule has 114 valence electrons. The summed E-state index contributed by atoms with van der Waals surface area (Å²) in [5, 5.41) is 3.46. The molecule has 0 atom stereocenters. The van der Waals surface area contributed by atoms with E-state index in [1.54, 1.807) is 0 Å². The highest BCUT2D eigenvalue weighted by Gasteiger charge is 2.21. The van der Waals surface area contributed by atoms with Gasteiger partial charge < -0.3 is 14.6 Å². The number of nitrogens with one attached hydrogen (secondary N) is 1. The molecular formula is C16H29N3O. The lowest BCUT2D eigenvalue weighted by Crippen LogP contribution is -2.41. The van der Waals surface area contributed by atoms with Gasteiger partial charge in [-0.05, 0) is 33.0 Å². The van der Waals surface area contributed by atoms with E-state index < -0.39 is 0 Å². The molecule has 0 aliphatic carbocycles. The Morgan fingerprint density at radius 2 is 2.05 bits per heavy atom. The third kappa shape index (κ3) is 4.33. The smallest absolute Gasteiger partial charge is 0.122 e. The fourth-order valence-electron chi connectivity index (χ4n) is 2.77. The van der Waals surface area contributed by atoms with E-state index in [1.807, 2.05) is 6.26 Å². The molecule has 1 aromatic rings. The Morgan fingerprint density at radius 3 is 2.65 bits per heavy atom. The summed E-state index contributed by atoms with van der Waals surface area (Å²) >= 11 is 0. The van der Waals surface area contributed by atoms with Gasteiger partial charge in [-0.25, -0.2) is 0 Å². The van der Waals surface area contributed by atoms with Gasteiger partial charge in [-0.2, -0.15) is 0 Å². The van der Waals surface area contributed by atoms with Gasteiger partial charge >= 0.3 is 0 Å². The van der Waals surface area contributed by atoms with E-state index in [9.17, 15) is 0 Å². The minimum atomic E-state index is 0.508. The van der Waals surface area contributed by atoms with Gasteiger partial charge in [0.15, 0.2) is 0 Å². The van der Waals surface area contributed by atoms with Gasteiger partial charge in [0.25, 0.3) is 0 Å². The monoisotopic (exact) mass is 279 g/mol. The van der Waals surface area contributed by atoms with E-state index in [0.717, 1.165) is 24.9 Å². The van der Waals surface area contributed by atoms with Crippen LogP contribution < -0.4 is 5.32 Å². The predicted octanol–water partition coefficient (Wildman–Crippen LogP) is 2.30. The van der Waals surface area contributed by atoms with Crippen LogP contribution >= 0.6 is 0 Å². The summed E-state index contributed by atoms with van der Waals surface area (Å²) in [5.41, 5.74) is 1.30. The molecule has 0 bridgehead atoms. The summed E-state index contributed by atoms with van der Waals surface area (Å²) < 4.78 is 5.68. The third-order valence-corrected chi connectivity index (χ3v) is 4.19. The quantitative estimate of drug-likeness (QED) is 0.866. The lowest BCUT2D eigenvalue weighted by Gasteiger charge is -2.34. The van der Waals surface area contributed by atoms with Crippen LogP contribution in [0, 0.1) is 0 Å². The van der Waals surface area contributed by atoms with Gasteiger partial charge in [-0.3, -0.25) is 4.90 Å². The molecule has 1 aromatic heterocycles. The van der Waals surface area contributed by atoms with Gasteiger partial charge in [-0.1, -0.05) is 13.8 Å². The minimum Gasteiger partial charge on any atom is -0.468 e. The molecule has 2 rings (SSSR count). The third-order valence-electron chi connectivity index (χ3n) is 4.19. The van der Waals surface area contributed by atoms with Crippen LogP contribution in [-0.4, -0.2) is 49.1 Å². The standard InChI is InChI=1S/C16H29N3O/c1-13(2)17-11-14-7-10-20-16(14)12-19-8-5-15(6-9-19)18(3)4/h7,10,13,15,17H,5-6,8-9,11-12H2,1-4H3. The van der Waals surface area contributed by atoms with Gasteiger partial charge in [0.05, 0.1) is 12.8 Å². The van der Waals surface area contributed by atoms with Crippen LogP contribution in [0.2, 0.25) is 0 Å². The summed E-state index contributed by atoms with van der Waals surface area (Å²) in [4.78, 5) is 4.86. The molecule has 1 N–H and O–H groups in total. The minimum absolute atomic E-state index is 0.508. The Morgan fingerprint density at radius 1 is 1.35 bits per heavy atom. The zero-order valence-electron chi connectivity index (χ0n) is 13.4. The molecule has 1 fully saturated rings. The fraction of sp³-hybridized carbons (Fsp3) is 0.750. The van der Waals surface area contributed by atoms with E-state index in [2.05, 4.69) is 49.1 Å². The molecule has 0 saturated carbocycles. The van der Waals surface area contributed by atoms with E-state index in [4.69, 9.17) is 4.42 Å². The van der Waals surface area contributed by atoms with Crippen molar-refractivity contribution in [3.63, 3.8) is 0 Å². The topological polar surface area (TPSA) is 31.7 Å². The van der Waals surface area contributed by atoms with Crippen LogP contribution in [0.5, 0.6) is 0 Å². The lowest BCUT2D eigenvalue weighted by atomic mass is 10.0. The van der Waals surface area contributed by atoms with Crippen molar-refractivity contribution in [3.05, 3.63) is 23.7 Å². The summed E-state index contributed by atoms with van der Waals surface area (Å²) in [6.07, 6.45) is 4.33. The maximum Gasteiger partial charge on any atom is 0.122 e. The van der Waals surface area contributed by atoms with Crippen LogP contribution in [0.3, 0.4) is 0 Å². The Balaban J connectivity index is 1.84. The van der Waals surface area contributed by atoms with Crippen LogP contribution in [0.15, 0.2) is 16.7 Å². The Bertz CT molecular complexity index is 392. The van der Waals surface area contributed by atoms with E-state index in [0.29, 0.717) is 6.04 Å². The SMILES string of the molecule is CC(C)NCc1ccoc1CN1CCC(N(C)C)CC1. The van der Waals surface area contributed by atoms with E-state index in [-0.39, 0.29) is 0 Å². The number of nitrogens with zero attached hydrogens (tertiary/aromatic N) is 2. The lowest BCUT2D eigenvalue weighted by molar-refractivity contribution is 0.133. The molecule has 0 spiro atoms. The van der Waals surface area contributed by atoms with Crippen LogP contribution in [0.25, 0.3) is 0 Å². The number of piperidine rings is 1. The first-order valence-corrected chi connectivity index (χ1v) is 7.73. The second-order valence-electron chi connectivity index (χ2n) is 6.38. The van der Waals surface area contributed by atoms with Gasteiger partial charge in [0, 0.05) is 37.3 Å². The normalized spacial score (nSPS) is 18.3. The highest BCUT2D eigenvalue weighted by atomic mass is 16.3. The molecular weight excluding hydrogens is 250 g/mol. The van der Waals surface area contributed by atoms with Crippen molar-refractivity contribution < 1.29 is 4.42 Å². The summed E-state index contributed by atoms with van der Waals surface area (Å²) in [7, 11) is 4.37. The largest absolute Gasteiger partial charge is 0.468 e. The molecule has 1 saturated heterocycles. The first kappa shape index (κ1) is 15.5. The van der Waals surface area contributed by atoms with Crippen molar-refractivity contribution in [3.8, 4) is 0 Å². The van der Waals surface area contributed by atoms with Crippen molar-refractivity contribution >= 4 is 0 Å². The number of rotatable bonds is 6. The van der Waals surface area contributed by atoms with Crippen LogP contribution in [0.1, 0.15) is 38.0 Å². The second kappa shape index (κ2) is 7.25. The summed E-state index contributed by atoms with van der Waals surface area (Å²) in [6.45, 7) is 8.53. The average Bonchev–Trinajstić information content (AvgIpc) is 2.84. The Kier molecular flexibility index (Phi) is 5.64. The maximum absolute atomic E-state index is 5.68. The molecule has 1 aliphatic heterocycles. The molecule has 1 aliphatic rings. The van der Waals surface area contributed by atoms with E-state index >= 15 is 0 Å². The van der Waals surface area contributed by atoms with Crippen LogP contribution in [0.4, 0.5) is 0 Å². The molecule has 2 heterocycles. The van der Waals surface area contributed by atoms with E-state index in [1.165, 1.54) is 31.5 Å². The first-order valence-electron chi connectivity index (χ1n) is 7.73. The average molecular weight is 279 g/mol. The molecule has 4 nitrogen and oxygen atoms in total. The Hall–Kier alpha value is -0.840. The highest BCUT2D eigenvalue weighted by Crippen LogP contribution is 2.19. The van der Waals surface area contributed by atoms with Crippen LogP contribution in [-0.2, 0) is 13.1 Å². The van der Waals surface area contributed by atoms with Crippen molar-refractivity contribution in [2.45, 2.75) is 51.9 Å². The van der Waals surface area contributed by atoms with Gasteiger partial charge in [0.2, 0.25) is 0 Å². The first-order chi connectivity index (χ1) is 9.56. The van der Waals surface area contributed by atoms with Gasteiger partial charge in [0.1, 0.15) is 5.76 Å². The number of hydrogen-bond donors (Lipinski definition) is 1. The zero-order valence-corrected chi connectivity index (χ0v) is 13.4. The van der Waals surface area contributed by atoms with Crippen molar-refractivity contribution in [1.29, 1.82) is 0 Å². The highest BCUT2D eigenvalue weighted by molar-refractivity contribution is 5.17. The van der Waals surface area contributed by atoms with Crippen molar-refractivity contribution in [2.24, 2.45) is 0 Å². The molecule has 4 heteroatoms. The van der Waals surface area contributed by atoms with Crippen molar-refractivity contribution in [1.82, 2.24) is 15.1 Å². The molecule has 20 heavy (non-hydrogen) atoms. The second-order valence-corrected chi connectivity index (χ2v) is 6.38. The fourth-order valence-corrected chi connectivity index (χ4v) is 2.77. The summed E-state index contributed by atoms with van der Waals surface area (Å²) in [6, 6.07) is 3.34. The number of likely N-dealkylation sites (tertiary alicyclic amines) is 1. The predicted molar refractivity (Wildman–Crippen MR) is 82.7 cm³/mol. The van der Waals surface area contributed by atoms with Crippen molar-refractivity contribution in [2.75, 3.05) is 27.2 Å². The zero-order chi connectivity index (χ0) is 14.5. The molecule has 0 aromatic carbocycles. The van der Waals surface area contributed by atoms with Gasteiger partial charge in [-0.15, -0.1) is 0 Å². The number of furan rings is 1. The molecule has 0 amide bonds. The molecule has 0 unspecified atom stereocenters. The Labute approximate surface area is 123 Å².